The van der Waals surface area contributed by atoms with Gasteiger partial charge in [-0.05, 0) is 136 Å². The van der Waals surface area contributed by atoms with Crippen LogP contribution in [0.3, 0.4) is 0 Å². The smallest absolute Gasteiger partial charge is 0.312 e. The van der Waals surface area contributed by atoms with E-state index in [0.717, 1.165) is 19.3 Å². The molecule has 0 amide bonds. The number of carbonyl (C=O) groups is 1. The molecule has 0 aromatic carbocycles. The standard InChI is InChI=1S/C109H218O2/c1-16-31-45-59-73-87-102(101-104(103(110)111-30-15,88-74-60-46-32-17-2)89-75-61-47-33-18-3)106(93-79-65-51-37-22-7,94-80-66-52-38-23-8)108(97-83-69-55-41-26-11,98-84-70-56-42-27-12)109(99-85-71-57-43-28-13,100-86-72-58-44-29-14)107(95-81-67-53-39-24-9,96-82-68-54-40-25-10)105(90-76-62-48-34-19-4,91-77-63-49-35-20-5)92-78-64-50-36-21-6/h102H,16-101H2,1-15H3. The van der Waals surface area contributed by atoms with Crippen LogP contribution in [0.2, 0.25) is 0 Å². The van der Waals surface area contributed by atoms with Crippen LogP contribution in [0.1, 0.15) is 650 Å². The molecule has 0 rings (SSSR count). The molecule has 0 radical (unpaired) electrons. The van der Waals surface area contributed by atoms with E-state index in [4.69, 9.17) is 4.74 Å². The van der Waals surface area contributed by atoms with Gasteiger partial charge in [-0.1, -0.05) is 546 Å². The molecule has 0 aromatic rings. The summed E-state index contributed by atoms with van der Waals surface area (Å²) in [4.78, 5) is 16.8. The molecule has 0 spiro atoms. The largest absolute Gasteiger partial charge is 0.466 e. The van der Waals surface area contributed by atoms with Crippen LogP contribution in [0.5, 0.6) is 0 Å². The monoisotopic (exact) mass is 1560 g/mol. The Morgan fingerprint density at radius 2 is 0.387 bits per heavy atom. The van der Waals surface area contributed by atoms with Crippen LogP contribution in [0.25, 0.3) is 0 Å². The third-order valence-corrected chi connectivity index (χ3v) is 30.1. The molecule has 0 aromatic heterocycles. The maximum atomic E-state index is 16.8. The Labute approximate surface area is 705 Å². The number of carbonyl (C=O) groups excluding carboxylic acids is 1. The molecule has 666 valence electrons. The van der Waals surface area contributed by atoms with Crippen LogP contribution in [-0.2, 0) is 9.53 Å². The molecule has 0 aliphatic heterocycles. The van der Waals surface area contributed by atoms with E-state index in [-0.39, 0.29) is 33.0 Å². The Kier molecular flexibility index (Phi) is 77.7. The molecule has 0 bridgehead atoms. The Bertz CT molecular complexity index is 1750. The van der Waals surface area contributed by atoms with E-state index in [9.17, 15) is 0 Å². The maximum Gasteiger partial charge on any atom is 0.312 e. The molecule has 2 nitrogen and oxygen atoms in total. The second kappa shape index (κ2) is 78.0. The van der Waals surface area contributed by atoms with Gasteiger partial charge in [0.2, 0.25) is 0 Å². The highest BCUT2D eigenvalue weighted by Gasteiger charge is 2.72. The van der Waals surface area contributed by atoms with Crippen molar-refractivity contribution in [1.82, 2.24) is 0 Å². The molecule has 0 saturated heterocycles. The SMILES string of the molecule is CCCCCCCC(CC(CCCCCCC)(CCCCCCC)C(=O)OCC)C(CCCCCCC)(CCCCCCC)C(CCCCCCC)(CCCCCCC)C(CCCCCCC)(CCCCCCC)C(CCCCCCC)(CCCCCCC)C(CCCCCCC)(CCCCCCC)CCCCCCC. The Morgan fingerprint density at radius 1 is 0.198 bits per heavy atom. The minimum atomic E-state index is -0.454. The molecular formula is C109H218O2. The van der Waals surface area contributed by atoms with Crippen LogP contribution in [-0.4, -0.2) is 12.6 Å². The van der Waals surface area contributed by atoms with Gasteiger partial charge in [0.25, 0.3) is 0 Å². The summed E-state index contributed by atoms with van der Waals surface area (Å²) in [6.45, 7) is 37.6. The summed E-state index contributed by atoms with van der Waals surface area (Å²) in [7, 11) is 0. The zero-order valence-electron chi connectivity index (χ0n) is 80.7. The second-order valence-corrected chi connectivity index (χ2v) is 38.9. The summed E-state index contributed by atoms with van der Waals surface area (Å²) in [5.41, 5.74) is 0.393. The van der Waals surface area contributed by atoms with Gasteiger partial charge < -0.3 is 4.74 Å². The van der Waals surface area contributed by atoms with Crippen molar-refractivity contribution < 1.29 is 9.53 Å². The summed E-state index contributed by atoms with van der Waals surface area (Å²) in [6.07, 6.45) is 117. The van der Waals surface area contributed by atoms with Crippen LogP contribution < -0.4 is 0 Å². The van der Waals surface area contributed by atoms with Crippen molar-refractivity contribution in [2.75, 3.05) is 6.61 Å². The average molecular weight is 1560 g/mol. The van der Waals surface area contributed by atoms with Gasteiger partial charge in [-0.15, -0.1) is 0 Å². The summed E-state index contributed by atoms with van der Waals surface area (Å²) < 4.78 is 7.00. The number of rotatable bonds is 93. The lowest BCUT2D eigenvalue weighted by Crippen LogP contribution is -2.67. The van der Waals surface area contributed by atoms with E-state index in [1.807, 2.05) is 0 Å². The lowest BCUT2D eigenvalue weighted by atomic mass is 9.30. The first-order valence-electron chi connectivity index (χ1n) is 53.6. The van der Waals surface area contributed by atoms with Crippen molar-refractivity contribution in [1.29, 1.82) is 0 Å². The lowest BCUT2D eigenvalue weighted by Gasteiger charge is -2.74. The Hall–Kier alpha value is -0.530. The molecule has 111 heavy (non-hydrogen) atoms. The van der Waals surface area contributed by atoms with Gasteiger partial charge in [0.15, 0.2) is 0 Å². The molecule has 0 aliphatic carbocycles. The molecule has 0 fully saturated rings. The van der Waals surface area contributed by atoms with E-state index in [1.54, 1.807) is 0 Å². The Balaban J connectivity index is 12.4. The third-order valence-electron chi connectivity index (χ3n) is 30.1. The van der Waals surface area contributed by atoms with Gasteiger partial charge in [0, 0.05) is 0 Å². The minimum Gasteiger partial charge on any atom is -0.466 e. The van der Waals surface area contributed by atoms with E-state index in [0.29, 0.717) is 12.5 Å². The van der Waals surface area contributed by atoms with Crippen LogP contribution in [0.15, 0.2) is 0 Å². The van der Waals surface area contributed by atoms with Gasteiger partial charge >= 0.3 is 5.97 Å². The Morgan fingerprint density at radius 3 is 0.622 bits per heavy atom. The molecule has 1 atom stereocenters. The zero-order chi connectivity index (χ0) is 81.7. The van der Waals surface area contributed by atoms with Crippen molar-refractivity contribution >= 4 is 5.97 Å². The van der Waals surface area contributed by atoms with Crippen molar-refractivity contribution in [2.24, 2.45) is 38.4 Å². The first kappa shape index (κ1) is 110. The van der Waals surface area contributed by atoms with Crippen LogP contribution in [0, 0.1) is 38.4 Å². The molecule has 1 unspecified atom stereocenters. The highest BCUT2D eigenvalue weighted by molar-refractivity contribution is 5.77. The fourth-order valence-electron chi connectivity index (χ4n) is 23.8. The van der Waals surface area contributed by atoms with Crippen molar-refractivity contribution in [3.8, 4) is 0 Å². The van der Waals surface area contributed by atoms with Crippen LogP contribution in [0.4, 0.5) is 0 Å². The number of esters is 1. The van der Waals surface area contributed by atoms with Gasteiger partial charge in [0.05, 0.1) is 12.0 Å². The van der Waals surface area contributed by atoms with Crippen molar-refractivity contribution in [3.63, 3.8) is 0 Å². The van der Waals surface area contributed by atoms with Gasteiger partial charge in [-0.2, -0.15) is 0 Å². The van der Waals surface area contributed by atoms with Gasteiger partial charge in [-0.25, -0.2) is 0 Å². The summed E-state index contributed by atoms with van der Waals surface area (Å²) in [5, 5.41) is 0. The van der Waals surface area contributed by atoms with Crippen molar-refractivity contribution in [2.45, 2.75) is 650 Å². The normalized spacial score (nSPS) is 13.0. The van der Waals surface area contributed by atoms with E-state index >= 15 is 4.79 Å². The molecule has 0 heterocycles. The van der Waals surface area contributed by atoms with Gasteiger partial charge in [0.1, 0.15) is 0 Å². The molecule has 0 saturated carbocycles. The lowest BCUT2D eigenvalue weighted by molar-refractivity contribution is -0.259. The second-order valence-electron chi connectivity index (χ2n) is 38.9. The molecule has 0 aliphatic rings. The van der Waals surface area contributed by atoms with Crippen molar-refractivity contribution in [3.05, 3.63) is 0 Å². The van der Waals surface area contributed by atoms with E-state index in [1.165, 1.54) is 527 Å². The van der Waals surface area contributed by atoms with E-state index < -0.39 is 5.41 Å². The molecular weight excluding hydrogens is 1340 g/mol. The summed E-state index contributed by atoms with van der Waals surface area (Å²) >= 11 is 0. The molecule has 0 N–H and O–H groups in total. The maximum absolute atomic E-state index is 16.8. The first-order chi connectivity index (χ1) is 54.4. The predicted molar refractivity (Wildman–Crippen MR) is 507 cm³/mol. The topological polar surface area (TPSA) is 26.3 Å². The number of ether oxygens (including phenoxy) is 1. The average Bonchev–Trinajstić information content (AvgIpc) is 0.675. The van der Waals surface area contributed by atoms with Gasteiger partial charge in [-0.3, -0.25) is 4.79 Å². The molecule has 2 heteroatoms. The summed E-state index contributed by atoms with van der Waals surface area (Å²) in [6, 6.07) is 0. The number of unbranched alkanes of at least 4 members (excludes halogenated alkanes) is 56. The third kappa shape index (κ3) is 45.6. The summed E-state index contributed by atoms with van der Waals surface area (Å²) in [5.74, 6) is 0.757. The zero-order valence-corrected chi connectivity index (χ0v) is 80.7. The predicted octanol–water partition coefficient (Wildman–Crippen LogP) is 40.5. The fourth-order valence-corrected chi connectivity index (χ4v) is 23.8. The first-order valence-corrected chi connectivity index (χ1v) is 53.6. The fraction of sp³-hybridized carbons (Fsp3) is 0.991. The highest BCUT2D eigenvalue weighted by Crippen LogP contribution is 2.80. The minimum absolute atomic E-state index is 0.0888. The van der Waals surface area contributed by atoms with E-state index in [2.05, 4.69) is 104 Å². The highest BCUT2D eigenvalue weighted by atomic mass is 16.5. The number of hydrogen-bond acceptors (Lipinski definition) is 2. The number of hydrogen-bond donors (Lipinski definition) is 0. The quantitative estimate of drug-likeness (QED) is 0.0448. The van der Waals surface area contributed by atoms with Crippen LogP contribution >= 0.6 is 0 Å².